The smallest absolute Gasteiger partial charge is 0.229 e. The Morgan fingerprint density at radius 3 is 2.83 bits per heavy atom. The number of benzene rings is 1. The number of hydrogen-bond acceptors (Lipinski definition) is 3. The highest BCUT2D eigenvalue weighted by atomic mass is 16.5. The van der Waals surface area contributed by atoms with Crippen molar-refractivity contribution in [3.05, 3.63) is 55.0 Å². The number of methoxy groups -OCH3 is 1. The van der Waals surface area contributed by atoms with Gasteiger partial charge in [0.25, 0.3) is 0 Å². The van der Waals surface area contributed by atoms with Crippen LogP contribution in [0.4, 0.5) is 0 Å². The molecule has 0 aliphatic carbocycles. The number of ether oxygens (including phenoxy) is 1. The van der Waals surface area contributed by atoms with Gasteiger partial charge in [-0.3, -0.25) is 4.79 Å². The quantitative estimate of drug-likeness (QED) is 0.696. The highest BCUT2D eigenvalue weighted by Crippen LogP contribution is 2.23. The Morgan fingerprint density at radius 2 is 2.17 bits per heavy atom. The molecule has 5 nitrogen and oxygen atoms in total. The third-order valence-corrected chi connectivity index (χ3v) is 4.16. The van der Waals surface area contributed by atoms with Crippen LogP contribution in [0.15, 0.2) is 49.2 Å². The van der Waals surface area contributed by atoms with Gasteiger partial charge >= 0.3 is 0 Å². The summed E-state index contributed by atoms with van der Waals surface area (Å²) in [6.07, 6.45) is 4.76. The summed E-state index contributed by atoms with van der Waals surface area (Å²) in [5.41, 5.74) is 1.46. The molecule has 0 saturated heterocycles. The van der Waals surface area contributed by atoms with Crippen LogP contribution in [0.1, 0.15) is 19.2 Å². The number of imidazole rings is 1. The van der Waals surface area contributed by atoms with E-state index < -0.39 is 5.41 Å². The SMILES string of the molecule is C=CC(C)(CCOC)C(=O)NCCc1ncc(-c2ccccc2)[nH]1. The maximum absolute atomic E-state index is 12.4. The maximum atomic E-state index is 12.4. The number of hydrogen-bond donors (Lipinski definition) is 2. The van der Waals surface area contributed by atoms with Gasteiger partial charge in [-0.05, 0) is 18.9 Å². The summed E-state index contributed by atoms with van der Waals surface area (Å²) in [6.45, 7) is 6.69. The summed E-state index contributed by atoms with van der Waals surface area (Å²) in [5.74, 6) is 0.815. The minimum Gasteiger partial charge on any atom is -0.385 e. The van der Waals surface area contributed by atoms with E-state index in [1.165, 1.54) is 0 Å². The van der Waals surface area contributed by atoms with E-state index in [4.69, 9.17) is 4.74 Å². The molecule has 1 unspecified atom stereocenters. The Bertz CT molecular complexity index is 666. The van der Waals surface area contributed by atoms with Crippen LogP contribution in [0.25, 0.3) is 11.3 Å². The minimum atomic E-state index is -0.617. The molecule has 128 valence electrons. The van der Waals surface area contributed by atoms with E-state index in [0.29, 0.717) is 26.0 Å². The first kappa shape index (κ1) is 17.9. The van der Waals surface area contributed by atoms with Crippen LogP contribution >= 0.6 is 0 Å². The number of aromatic nitrogens is 2. The molecule has 24 heavy (non-hydrogen) atoms. The van der Waals surface area contributed by atoms with E-state index in [1.54, 1.807) is 13.2 Å². The molecular weight excluding hydrogens is 302 g/mol. The van der Waals surface area contributed by atoms with Crippen LogP contribution < -0.4 is 5.32 Å². The Hall–Kier alpha value is -2.40. The van der Waals surface area contributed by atoms with Gasteiger partial charge in [0, 0.05) is 26.7 Å². The largest absolute Gasteiger partial charge is 0.385 e. The monoisotopic (exact) mass is 327 g/mol. The van der Waals surface area contributed by atoms with Gasteiger partial charge in [0.15, 0.2) is 0 Å². The fourth-order valence-electron chi connectivity index (χ4n) is 2.37. The van der Waals surface area contributed by atoms with Crippen molar-refractivity contribution in [3.63, 3.8) is 0 Å². The number of carbonyl (C=O) groups excluding carboxylic acids is 1. The van der Waals surface area contributed by atoms with Crippen LogP contribution in [-0.4, -0.2) is 36.1 Å². The topological polar surface area (TPSA) is 67.0 Å². The summed E-state index contributed by atoms with van der Waals surface area (Å²) in [5, 5.41) is 2.95. The number of amides is 1. The molecule has 1 amide bonds. The van der Waals surface area contributed by atoms with Gasteiger partial charge in [0.2, 0.25) is 5.91 Å². The molecule has 1 heterocycles. The average molecular weight is 327 g/mol. The maximum Gasteiger partial charge on any atom is 0.229 e. The van der Waals surface area contributed by atoms with E-state index in [2.05, 4.69) is 21.9 Å². The minimum absolute atomic E-state index is 0.0376. The molecule has 0 fully saturated rings. The zero-order valence-corrected chi connectivity index (χ0v) is 14.3. The fraction of sp³-hybridized carbons (Fsp3) is 0.368. The van der Waals surface area contributed by atoms with Crippen LogP contribution in [0, 0.1) is 5.41 Å². The Balaban J connectivity index is 1.87. The number of nitrogens with zero attached hydrogens (tertiary/aromatic N) is 1. The van der Waals surface area contributed by atoms with Crippen molar-refractivity contribution in [3.8, 4) is 11.3 Å². The number of rotatable bonds is 9. The summed E-state index contributed by atoms with van der Waals surface area (Å²) >= 11 is 0. The molecular formula is C19H25N3O2. The molecule has 5 heteroatoms. The number of aromatic amines is 1. The van der Waals surface area contributed by atoms with Gasteiger partial charge in [-0.2, -0.15) is 0 Å². The molecule has 1 aromatic carbocycles. The van der Waals surface area contributed by atoms with Crippen LogP contribution in [0.2, 0.25) is 0 Å². The molecule has 0 radical (unpaired) electrons. The van der Waals surface area contributed by atoms with E-state index in [9.17, 15) is 4.79 Å². The zero-order chi connectivity index (χ0) is 17.4. The second-order valence-electron chi connectivity index (χ2n) is 5.98. The third kappa shape index (κ3) is 4.55. The fourth-order valence-corrected chi connectivity index (χ4v) is 2.37. The molecule has 0 aliphatic heterocycles. The average Bonchev–Trinajstić information content (AvgIpc) is 3.09. The molecule has 2 aromatic rings. The van der Waals surface area contributed by atoms with Gasteiger partial charge in [0.05, 0.1) is 17.3 Å². The summed E-state index contributed by atoms with van der Waals surface area (Å²) in [4.78, 5) is 20.0. The molecule has 0 aliphatic rings. The first-order chi connectivity index (χ1) is 11.6. The summed E-state index contributed by atoms with van der Waals surface area (Å²) in [7, 11) is 1.63. The lowest BCUT2D eigenvalue weighted by molar-refractivity contribution is -0.128. The second kappa shape index (κ2) is 8.45. The predicted octanol–water partition coefficient (Wildman–Crippen LogP) is 2.96. The Labute approximate surface area is 143 Å². The Morgan fingerprint density at radius 1 is 1.42 bits per heavy atom. The van der Waals surface area contributed by atoms with Crippen molar-refractivity contribution >= 4 is 5.91 Å². The van der Waals surface area contributed by atoms with E-state index in [0.717, 1.165) is 17.1 Å². The predicted molar refractivity (Wildman–Crippen MR) is 95.5 cm³/mol. The zero-order valence-electron chi connectivity index (χ0n) is 14.3. The van der Waals surface area contributed by atoms with Crippen molar-refractivity contribution in [1.82, 2.24) is 15.3 Å². The number of nitrogens with one attached hydrogen (secondary N) is 2. The van der Waals surface area contributed by atoms with Gasteiger partial charge in [0.1, 0.15) is 5.82 Å². The third-order valence-electron chi connectivity index (χ3n) is 4.16. The highest BCUT2D eigenvalue weighted by molar-refractivity contribution is 5.84. The van der Waals surface area contributed by atoms with E-state index in [1.807, 2.05) is 43.5 Å². The van der Waals surface area contributed by atoms with E-state index >= 15 is 0 Å². The van der Waals surface area contributed by atoms with Crippen molar-refractivity contribution in [2.24, 2.45) is 5.41 Å². The lowest BCUT2D eigenvalue weighted by atomic mass is 9.86. The van der Waals surface area contributed by atoms with Gasteiger partial charge < -0.3 is 15.0 Å². The molecule has 0 spiro atoms. The van der Waals surface area contributed by atoms with Gasteiger partial charge in [-0.15, -0.1) is 6.58 Å². The summed E-state index contributed by atoms with van der Waals surface area (Å²) < 4.78 is 5.07. The Kier molecular flexibility index (Phi) is 6.32. The summed E-state index contributed by atoms with van der Waals surface area (Å²) in [6, 6.07) is 10.0. The normalized spacial score (nSPS) is 13.2. The van der Waals surface area contributed by atoms with Gasteiger partial charge in [-0.1, -0.05) is 36.4 Å². The first-order valence-corrected chi connectivity index (χ1v) is 8.09. The number of carbonyl (C=O) groups is 1. The van der Waals surface area contributed by atoms with Gasteiger partial charge in [-0.25, -0.2) is 4.98 Å². The van der Waals surface area contributed by atoms with Crippen LogP contribution in [-0.2, 0) is 16.0 Å². The van der Waals surface area contributed by atoms with Crippen molar-refractivity contribution in [2.45, 2.75) is 19.8 Å². The van der Waals surface area contributed by atoms with Crippen molar-refractivity contribution in [1.29, 1.82) is 0 Å². The molecule has 0 saturated carbocycles. The lowest BCUT2D eigenvalue weighted by Crippen LogP contribution is -2.39. The highest BCUT2D eigenvalue weighted by Gasteiger charge is 2.28. The molecule has 0 bridgehead atoms. The standard InChI is InChI=1S/C19H25N3O2/c1-4-19(2,11-13-24-3)18(23)20-12-10-17-21-14-16(22-17)15-8-6-5-7-9-15/h4-9,14H,1,10-13H2,2-3H3,(H,20,23)(H,21,22). The molecule has 2 rings (SSSR count). The number of H-pyrrole nitrogens is 1. The van der Waals surface area contributed by atoms with Crippen LogP contribution in [0.5, 0.6) is 0 Å². The lowest BCUT2D eigenvalue weighted by Gasteiger charge is -2.24. The molecule has 1 atom stereocenters. The van der Waals surface area contributed by atoms with Crippen molar-refractivity contribution < 1.29 is 9.53 Å². The molecule has 1 aromatic heterocycles. The molecule has 2 N–H and O–H groups in total. The van der Waals surface area contributed by atoms with Crippen molar-refractivity contribution in [2.75, 3.05) is 20.3 Å². The van der Waals surface area contributed by atoms with Crippen LogP contribution in [0.3, 0.4) is 0 Å². The van der Waals surface area contributed by atoms with E-state index in [-0.39, 0.29) is 5.91 Å². The first-order valence-electron chi connectivity index (χ1n) is 8.09. The second-order valence-corrected chi connectivity index (χ2v) is 5.98.